The lowest BCUT2D eigenvalue weighted by Gasteiger charge is -2.36. The Kier molecular flexibility index (Phi) is 7.35. The Bertz CT molecular complexity index is 356. The Labute approximate surface area is 142 Å². The van der Waals surface area contributed by atoms with Crippen molar-refractivity contribution in [1.29, 1.82) is 0 Å². The number of nitrogens with zero attached hydrogens (tertiary/aromatic N) is 1. The van der Waals surface area contributed by atoms with Gasteiger partial charge in [0.2, 0.25) is 5.91 Å². The lowest BCUT2D eigenvalue weighted by Crippen LogP contribution is -2.51. The van der Waals surface area contributed by atoms with Crippen LogP contribution in [0.25, 0.3) is 0 Å². The molecule has 134 valence electrons. The fraction of sp³-hybridized carbons (Fsp3) is 0.947. The molecule has 4 heteroatoms. The summed E-state index contributed by atoms with van der Waals surface area (Å²) < 4.78 is 5.94. The largest absolute Gasteiger partial charge is 0.378 e. The van der Waals surface area contributed by atoms with Crippen LogP contribution < -0.4 is 5.32 Å². The van der Waals surface area contributed by atoms with Crippen molar-refractivity contribution >= 4 is 5.91 Å². The average Bonchev–Trinajstić information content (AvgIpc) is 2.55. The Morgan fingerprint density at radius 1 is 1.09 bits per heavy atom. The first kappa shape index (κ1) is 18.7. The smallest absolute Gasteiger partial charge is 0.237 e. The van der Waals surface area contributed by atoms with Gasteiger partial charge in [0.1, 0.15) is 0 Å². The van der Waals surface area contributed by atoms with E-state index in [0.29, 0.717) is 18.1 Å². The molecule has 0 radical (unpaired) electrons. The van der Waals surface area contributed by atoms with Crippen molar-refractivity contribution in [2.45, 2.75) is 84.4 Å². The predicted molar refractivity (Wildman–Crippen MR) is 94.4 cm³/mol. The average molecular weight is 325 g/mol. The van der Waals surface area contributed by atoms with Crippen molar-refractivity contribution in [2.24, 2.45) is 11.8 Å². The van der Waals surface area contributed by atoms with E-state index < -0.39 is 0 Å². The molecule has 2 rings (SSSR count). The van der Waals surface area contributed by atoms with Gasteiger partial charge in [-0.2, -0.15) is 0 Å². The number of ether oxygens (including phenoxy) is 1. The molecule has 0 spiro atoms. The van der Waals surface area contributed by atoms with E-state index in [-0.39, 0.29) is 11.9 Å². The van der Waals surface area contributed by atoms with E-state index in [1.165, 1.54) is 12.8 Å². The van der Waals surface area contributed by atoms with Crippen molar-refractivity contribution in [2.75, 3.05) is 19.7 Å². The number of hydrogen-bond acceptors (Lipinski definition) is 3. The molecular weight excluding hydrogens is 288 g/mol. The molecule has 0 aromatic heterocycles. The normalized spacial score (nSPS) is 28.7. The number of amides is 1. The van der Waals surface area contributed by atoms with Crippen molar-refractivity contribution < 1.29 is 9.53 Å². The van der Waals surface area contributed by atoms with Crippen LogP contribution in [0.5, 0.6) is 0 Å². The van der Waals surface area contributed by atoms with Crippen molar-refractivity contribution in [3.63, 3.8) is 0 Å². The molecular formula is C19H36N2O2. The summed E-state index contributed by atoms with van der Waals surface area (Å²) in [5.74, 6) is 1.63. The molecule has 1 N–H and O–H groups in total. The van der Waals surface area contributed by atoms with Crippen LogP contribution in [0.1, 0.15) is 66.2 Å². The third-order valence-electron chi connectivity index (χ3n) is 5.43. The SMILES string of the molecule is CC(C)COC1CCN(C(C)C(=O)NC2CCC(C)CC2)CC1. The minimum atomic E-state index is -0.0135. The van der Waals surface area contributed by atoms with E-state index in [0.717, 1.165) is 51.3 Å². The van der Waals surface area contributed by atoms with E-state index in [9.17, 15) is 4.79 Å². The summed E-state index contributed by atoms with van der Waals surface area (Å²) >= 11 is 0. The lowest BCUT2D eigenvalue weighted by molar-refractivity contribution is -0.128. The maximum absolute atomic E-state index is 12.5. The maximum Gasteiger partial charge on any atom is 0.237 e. The summed E-state index contributed by atoms with van der Waals surface area (Å²) in [6.45, 7) is 11.5. The van der Waals surface area contributed by atoms with Crippen LogP contribution in [0.15, 0.2) is 0 Å². The van der Waals surface area contributed by atoms with Crippen LogP contribution in [-0.2, 0) is 9.53 Å². The fourth-order valence-electron chi connectivity index (χ4n) is 3.65. The number of carbonyl (C=O) groups excluding carboxylic acids is 1. The second-order valence-corrected chi connectivity index (χ2v) is 8.10. The van der Waals surface area contributed by atoms with Crippen LogP contribution in [0.4, 0.5) is 0 Å². The molecule has 23 heavy (non-hydrogen) atoms. The molecule has 0 aromatic rings. The highest BCUT2D eigenvalue weighted by molar-refractivity contribution is 5.81. The lowest BCUT2D eigenvalue weighted by atomic mass is 9.87. The van der Waals surface area contributed by atoms with Gasteiger partial charge in [-0.1, -0.05) is 20.8 Å². The van der Waals surface area contributed by atoms with Crippen molar-refractivity contribution in [3.05, 3.63) is 0 Å². The van der Waals surface area contributed by atoms with Gasteiger partial charge in [0, 0.05) is 25.7 Å². The monoisotopic (exact) mass is 324 g/mol. The van der Waals surface area contributed by atoms with E-state index in [4.69, 9.17) is 4.74 Å². The van der Waals surface area contributed by atoms with Crippen molar-refractivity contribution in [3.8, 4) is 0 Å². The second-order valence-electron chi connectivity index (χ2n) is 8.10. The van der Waals surface area contributed by atoms with E-state index in [1.807, 2.05) is 0 Å². The van der Waals surface area contributed by atoms with Gasteiger partial charge in [-0.25, -0.2) is 0 Å². The minimum Gasteiger partial charge on any atom is -0.378 e. The van der Waals surface area contributed by atoms with E-state index in [2.05, 4.69) is 37.9 Å². The van der Waals surface area contributed by atoms with Crippen LogP contribution >= 0.6 is 0 Å². The number of hydrogen-bond donors (Lipinski definition) is 1. The highest BCUT2D eigenvalue weighted by atomic mass is 16.5. The molecule has 2 fully saturated rings. The summed E-state index contributed by atoms with van der Waals surface area (Å²) in [7, 11) is 0. The first-order valence-corrected chi connectivity index (χ1v) is 9.61. The number of piperidine rings is 1. The highest BCUT2D eigenvalue weighted by Crippen LogP contribution is 2.24. The molecule has 2 aliphatic rings. The molecule has 4 nitrogen and oxygen atoms in total. The fourth-order valence-corrected chi connectivity index (χ4v) is 3.65. The third-order valence-corrected chi connectivity index (χ3v) is 5.43. The van der Waals surface area contributed by atoms with Gasteiger partial charge in [0.15, 0.2) is 0 Å². The van der Waals surface area contributed by atoms with Gasteiger partial charge in [-0.15, -0.1) is 0 Å². The number of carbonyl (C=O) groups is 1. The number of nitrogens with one attached hydrogen (secondary N) is 1. The van der Waals surface area contributed by atoms with Gasteiger partial charge in [0.25, 0.3) is 0 Å². The van der Waals surface area contributed by atoms with Crippen LogP contribution in [0.3, 0.4) is 0 Å². The van der Waals surface area contributed by atoms with Crippen molar-refractivity contribution in [1.82, 2.24) is 10.2 Å². The Morgan fingerprint density at radius 2 is 1.70 bits per heavy atom. The zero-order valence-electron chi connectivity index (χ0n) is 15.5. The molecule has 0 aromatic carbocycles. The first-order chi connectivity index (χ1) is 11.0. The molecule has 1 saturated carbocycles. The maximum atomic E-state index is 12.5. The Hall–Kier alpha value is -0.610. The quantitative estimate of drug-likeness (QED) is 0.816. The molecule has 1 aliphatic carbocycles. The molecule has 1 amide bonds. The number of likely N-dealkylation sites (tertiary alicyclic amines) is 1. The summed E-state index contributed by atoms with van der Waals surface area (Å²) in [5.41, 5.74) is 0. The summed E-state index contributed by atoms with van der Waals surface area (Å²) in [4.78, 5) is 14.8. The van der Waals surface area contributed by atoms with Gasteiger partial charge in [0.05, 0.1) is 12.1 Å². The van der Waals surface area contributed by atoms with Crippen LogP contribution in [0, 0.1) is 11.8 Å². The standard InChI is InChI=1S/C19H36N2O2/c1-14(2)13-23-18-9-11-21(12-10-18)16(4)19(22)20-17-7-5-15(3)6-8-17/h14-18H,5-13H2,1-4H3,(H,20,22). The molecule has 1 atom stereocenters. The third kappa shape index (κ3) is 6.07. The molecule has 0 bridgehead atoms. The second kappa shape index (κ2) is 9.03. The first-order valence-electron chi connectivity index (χ1n) is 9.61. The van der Waals surface area contributed by atoms with Crippen LogP contribution in [-0.4, -0.2) is 48.7 Å². The van der Waals surface area contributed by atoms with Gasteiger partial charge >= 0.3 is 0 Å². The molecule has 1 heterocycles. The zero-order chi connectivity index (χ0) is 16.8. The predicted octanol–water partition coefficient (Wildman–Crippen LogP) is 3.21. The minimum absolute atomic E-state index is 0.0135. The molecule has 1 aliphatic heterocycles. The highest BCUT2D eigenvalue weighted by Gasteiger charge is 2.28. The van der Waals surface area contributed by atoms with E-state index in [1.54, 1.807) is 0 Å². The molecule has 1 unspecified atom stereocenters. The van der Waals surface area contributed by atoms with Crippen LogP contribution in [0.2, 0.25) is 0 Å². The summed E-state index contributed by atoms with van der Waals surface area (Å²) in [6.07, 6.45) is 7.26. The van der Waals surface area contributed by atoms with Gasteiger partial charge < -0.3 is 10.1 Å². The Morgan fingerprint density at radius 3 is 2.26 bits per heavy atom. The van der Waals surface area contributed by atoms with E-state index >= 15 is 0 Å². The molecule has 1 saturated heterocycles. The van der Waals surface area contributed by atoms with Gasteiger partial charge in [-0.05, 0) is 57.3 Å². The number of rotatable bonds is 6. The summed E-state index contributed by atoms with van der Waals surface area (Å²) in [6, 6.07) is 0.383. The topological polar surface area (TPSA) is 41.6 Å². The zero-order valence-corrected chi connectivity index (χ0v) is 15.5. The summed E-state index contributed by atoms with van der Waals surface area (Å²) in [5, 5.41) is 3.28. The van der Waals surface area contributed by atoms with Gasteiger partial charge in [-0.3, -0.25) is 9.69 Å². The Balaban J connectivity index is 1.69.